The number of nitrogen functional groups attached to an aromatic ring is 1. The van der Waals surface area contributed by atoms with E-state index in [0.29, 0.717) is 29.7 Å². The van der Waals surface area contributed by atoms with E-state index >= 15 is 0 Å². The SMILES string of the molecule is Cc1c(N)cc(Br)cc1C(=O)NCC1CCCS1(=O)=O. The molecule has 1 saturated heterocycles. The van der Waals surface area contributed by atoms with Crippen molar-refractivity contribution in [2.75, 3.05) is 18.0 Å². The summed E-state index contributed by atoms with van der Waals surface area (Å²) >= 11 is 3.30. The van der Waals surface area contributed by atoms with Gasteiger partial charge >= 0.3 is 0 Å². The van der Waals surface area contributed by atoms with Gasteiger partial charge in [0.2, 0.25) is 0 Å². The normalized spacial score (nSPS) is 20.8. The molecule has 20 heavy (non-hydrogen) atoms. The third-order valence-electron chi connectivity index (χ3n) is 3.61. The third kappa shape index (κ3) is 3.15. The number of benzene rings is 1. The van der Waals surface area contributed by atoms with Crippen molar-refractivity contribution in [3.05, 3.63) is 27.7 Å². The molecule has 2 rings (SSSR count). The molecule has 110 valence electrons. The molecule has 1 amide bonds. The van der Waals surface area contributed by atoms with Crippen LogP contribution in [0.25, 0.3) is 0 Å². The van der Waals surface area contributed by atoms with Crippen molar-refractivity contribution in [1.29, 1.82) is 0 Å². The van der Waals surface area contributed by atoms with Crippen LogP contribution in [0, 0.1) is 6.92 Å². The molecule has 1 aromatic carbocycles. The van der Waals surface area contributed by atoms with Crippen molar-refractivity contribution < 1.29 is 13.2 Å². The summed E-state index contributed by atoms with van der Waals surface area (Å²) in [6, 6.07) is 3.41. The number of carbonyl (C=O) groups is 1. The van der Waals surface area contributed by atoms with Crippen LogP contribution < -0.4 is 11.1 Å². The van der Waals surface area contributed by atoms with Crippen LogP contribution in [0.2, 0.25) is 0 Å². The van der Waals surface area contributed by atoms with E-state index in [0.717, 1.165) is 4.47 Å². The van der Waals surface area contributed by atoms with Crippen LogP contribution in [0.5, 0.6) is 0 Å². The molecule has 0 aliphatic carbocycles. The topological polar surface area (TPSA) is 89.3 Å². The minimum Gasteiger partial charge on any atom is -0.398 e. The van der Waals surface area contributed by atoms with E-state index in [1.165, 1.54) is 0 Å². The predicted octanol–water partition coefficient (Wildman–Crippen LogP) is 1.65. The highest BCUT2D eigenvalue weighted by molar-refractivity contribution is 9.10. The minimum atomic E-state index is -3.04. The molecule has 1 heterocycles. The van der Waals surface area contributed by atoms with Gasteiger partial charge in [-0.15, -0.1) is 0 Å². The molecule has 1 aliphatic rings. The zero-order valence-electron chi connectivity index (χ0n) is 11.1. The molecule has 0 radical (unpaired) electrons. The van der Waals surface area contributed by atoms with Gasteiger partial charge in [-0.3, -0.25) is 4.79 Å². The summed E-state index contributed by atoms with van der Waals surface area (Å²) in [4.78, 5) is 12.2. The van der Waals surface area contributed by atoms with Crippen molar-refractivity contribution in [2.45, 2.75) is 25.0 Å². The van der Waals surface area contributed by atoms with Crippen LogP contribution in [-0.4, -0.2) is 31.9 Å². The van der Waals surface area contributed by atoms with Gasteiger partial charge in [-0.1, -0.05) is 15.9 Å². The Morgan fingerprint density at radius 1 is 1.50 bits per heavy atom. The number of rotatable bonds is 3. The molecule has 0 aromatic heterocycles. The summed E-state index contributed by atoms with van der Waals surface area (Å²) in [5, 5.41) is 2.24. The van der Waals surface area contributed by atoms with Crippen molar-refractivity contribution >= 4 is 37.4 Å². The van der Waals surface area contributed by atoms with Crippen molar-refractivity contribution in [1.82, 2.24) is 5.32 Å². The summed E-state index contributed by atoms with van der Waals surface area (Å²) < 4.78 is 24.1. The van der Waals surface area contributed by atoms with Gasteiger partial charge in [0, 0.05) is 22.3 Å². The standard InChI is InChI=1S/C13H17BrN2O3S/c1-8-11(5-9(14)6-12(8)15)13(17)16-7-10-3-2-4-20(10,18)19/h5-6,10H,2-4,7,15H2,1H3,(H,16,17). The maximum absolute atomic E-state index is 12.2. The molecule has 3 N–H and O–H groups in total. The first-order chi connectivity index (χ1) is 9.31. The number of carbonyl (C=O) groups excluding carboxylic acids is 1. The maximum Gasteiger partial charge on any atom is 0.251 e. The van der Waals surface area contributed by atoms with Crippen molar-refractivity contribution in [3.63, 3.8) is 0 Å². The Kier molecular flexibility index (Phi) is 4.39. The highest BCUT2D eigenvalue weighted by Crippen LogP contribution is 2.23. The van der Waals surface area contributed by atoms with Crippen LogP contribution in [-0.2, 0) is 9.84 Å². The first-order valence-corrected chi connectivity index (χ1v) is 8.87. The zero-order valence-corrected chi connectivity index (χ0v) is 13.6. The van der Waals surface area contributed by atoms with Crippen LogP contribution in [0.4, 0.5) is 5.69 Å². The van der Waals surface area contributed by atoms with E-state index in [1.54, 1.807) is 19.1 Å². The molecular weight excluding hydrogens is 344 g/mol. The van der Waals surface area contributed by atoms with Crippen LogP contribution in [0.3, 0.4) is 0 Å². The zero-order chi connectivity index (χ0) is 14.9. The van der Waals surface area contributed by atoms with Gasteiger partial charge in [0.05, 0.1) is 11.0 Å². The molecule has 1 aromatic rings. The number of amides is 1. The van der Waals surface area contributed by atoms with E-state index in [4.69, 9.17) is 5.73 Å². The number of hydrogen-bond donors (Lipinski definition) is 2. The highest BCUT2D eigenvalue weighted by atomic mass is 79.9. The molecule has 1 unspecified atom stereocenters. The average Bonchev–Trinajstić information content (AvgIpc) is 2.70. The Hall–Kier alpha value is -1.08. The lowest BCUT2D eigenvalue weighted by Gasteiger charge is -2.13. The second kappa shape index (κ2) is 5.73. The van der Waals surface area contributed by atoms with Crippen LogP contribution >= 0.6 is 15.9 Å². The van der Waals surface area contributed by atoms with E-state index in [9.17, 15) is 13.2 Å². The molecule has 1 atom stereocenters. The fraction of sp³-hybridized carbons (Fsp3) is 0.462. The molecule has 0 spiro atoms. The van der Waals surface area contributed by atoms with Gasteiger partial charge < -0.3 is 11.1 Å². The fourth-order valence-corrected chi connectivity index (χ4v) is 4.57. The Morgan fingerprint density at radius 3 is 2.80 bits per heavy atom. The van der Waals surface area contributed by atoms with Gasteiger partial charge in [0.25, 0.3) is 5.91 Å². The van der Waals surface area contributed by atoms with Gasteiger partial charge in [0.1, 0.15) is 0 Å². The summed E-state index contributed by atoms with van der Waals surface area (Å²) in [7, 11) is -3.04. The molecule has 7 heteroatoms. The minimum absolute atomic E-state index is 0.160. The van der Waals surface area contributed by atoms with E-state index in [1.807, 2.05) is 0 Å². The first-order valence-electron chi connectivity index (χ1n) is 6.36. The maximum atomic E-state index is 12.2. The van der Waals surface area contributed by atoms with Crippen LogP contribution in [0.15, 0.2) is 16.6 Å². The van der Waals surface area contributed by atoms with Gasteiger partial charge in [-0.05, 0) is 37.5 Å². The number of nitrogens with two attached hydrogens (primary N) is 1. The van der Waals surface area contributed by atoms with E-state index in [-0.39, 0.29) is 18.2 Å². The molecule has 0 bridgehead atoms. The van der Waals surface area contributed by atoms with Gasteiger partial charge in [0.15, 0.2) is 9.84 Å². The predicted molar refractivity (Wildman–Crippen MR) is 82.4 cm³/mol. The smallest absolute Gasteiger partial charge is 0.251 e. The second-order valence-corrected chi connectivity index (χ2v) is 8.33. The van der Waals surface area contributed by atoms with Crippen molar-refractivity contribution in [3.8, 4) is 0 Å². The lowest BCUT2D eigenvalue weighted by atomic mass is 10.1. The summed E-state index contributed by atoms with van der Waals surface area (Å²) in [6.07, 6.45) is 1.29. The Balaban J connectivity index is 2.10. The molecule has 1 fully saturated rings. The Morgan fingerprint density at radius 2 is 2.20 bits per heavy atom. The van der Waals surface area contributed by atoms with Crippen LogP contribution in [0.1, 0.15) is 28.8 Å². The third-order valence-corrected chi connectivity index (χ3v) is 6.34. The largest absolute Gasteiger partial charge is 0.398 e. The number of sulfone groups is 1. The summed E-state index contributed by atoms with van der Waals surface area (Å²) in [5.41, 5.74) is 7.50. The lowest BCUT2D eigenvalue weighted by molar-refractivity contribution is 0.0953. The van der Waals surface area contributed by atoms with E-state index in [2.05, 4.69) is 21.2 Å². The number of halogens is 1. The summed E-state index contributed by atoms with van der Waals surface area (Å²) in [5.74, 6) is -0.0752. The average molecular weight is 361 g/mol. The number of anilines is 1. The quantitative estimate of drug-likeness (QED) is 0.801. The Bertz CT molecular complexity index is 643. The molecule has 0 saturated carbocycles. The second-order valence-electron chi connectivity index (χ2n) is 5.01. The highest BCUT2D eigenvalue weighted by Gasteiger charge is 2.31. The number of hydrogen-bond acceptors (Lipinski definition) is 4. The number of nitrogens with one attached hydrogen (secondary N) is 1. The summed E-state index contributed by atoms with van der Waals surface area (Å²) in [6.45, 7) is 1.93. The molecular formula is C13H17BrN2O3S. The molecule has 5 nitrogen and oxygen atoms in total. The lowest BCUT2D eigenvalue weighted by Crippen LogP contribution is -2.35. The van der Waals surface area contributed by atoms with Gasteiger partial charge in [-0.25, -0.2) is 8.42 Å². The fourth-order valence-electron chi connectivity index (χ4n) is 2.33. The van der Waals surface area contributed by atoms with Crippen molar-refractivity contribution in [2.24, 2.45) is 0 Å². The molecule has 1 aliphatic heterocycles. The monoisotopic (exact) mass is 360 g/mol. The Labute approximate surface area is 127 Å². The first kappa shape index (κ1) is 15.3. The van der Waals surface area contributed by atoms with Gasteiger partial charge in [-0.2, -0.15) is 0 Å². The van der Waals surface area contributed by atoms with E-state index < -0.39 is 15.1 Å².